The van der Waals surface area contributed by atoms with Crippen LogP contribution in [-0.4, -0.2) is 13.2 Å². The fourth-order valence-corrected chi connectivity index (χ4v) is 4.19. The molecule has 29 heavy (non-hydrogen) atoms. The largest absolute Gasteiger partial charge is 0.493 e. The summed E-state index contributed by atoms with van der Waals surface area (Å²) in [7, 11) is 1.66. The van der Waals surface area contributed by atoms with Crippen molar-refractivity contribution in [2.45, 2.75) is 64.1 Å². The Balaban J connectivity index is 0.00000300. The van der Waals surface area contributed by atoms with E-state index in [-0.39, 0.29) is 12.4 Å². The fraction of sp³-hybridized carbons (Fsp3) is 0.478. The first-order chi connectivity index (χ1) is 13.7. The van der Waals surface area contributed by atoms with Crippen molar-refractivity contribution in [3.05, 3.63) is 57.6 Å². The normalized spacial score (nSPS) is 15.1. The molecule has 6 heteroatoms. The van der Waals surface area contributed by atoms with Gasteiger partial charge in [-0.25, -0.2) is 0 Å². The minimum absolute atomic E-state index is 0. The second-order valence-corrected chi connectivity index (χ2v) is 8.21. The molecule has 0 bridgehead atoms. The van der Waals surface area contributed by atoms with Crippen LogP contribution in [0.5, 0.6) is 11.5 Å². The van der Waals surface area contributed by atoms with Gasteiger partial charge in [-0.3, -0.25) is 0 Å². The number of rotatable bonds is 7. The van der Waals surface area contributed by atoms with Crippen LogP contribution in [0.15, 0.2) is 36.4 Å². The molecular weight excluding hydrogens is 429 g/mol. The Kier molecular flexibility index (Phi) is 10.4. The lowest BCUT2D eigenvalue weighted by Gasteiger charge is -2.21. The molecule has 1 saturated carbocycles. The molecule has 1 fully saturated rings. The lowest BCUT2D eigenvalue weighted by Crippen LogP contribution is -2.29. The van der Waals surface area contributed by atoms with Gasteiger partial charge in [-0.15, -0.1) is 12.4 Å². The summed E-state index contributed by atoms with van der Waals surface area (Å²) in [6, 6.07) is 12.2. The van der Waals surface area contributed by atoms with Crippen molar-refractivity contribution in [2.75, 3.05) is 7.11 Å². The van der Waals surface area contributed by atoms with Crippen molar-refractivity contribution >= 4 is 35.6 Å². The van der Waals surface area contributed by atoms with Crippen LogP contribution in [-0.2, 0) is 13.2 Å². The summed E-state index contributed by atoms with van der Waals surface area (Å²) in [5, 5.41) is 4.92. The van der Waals surface area contributed by atoms with Crippen molar-refractivity contribution in [3.63, 3.8) is 0 Å². The Morgan fingerprint density at radius 3 is 2.24 bits per heavy atom. The van der Waals surface area contributed by atoms with Gasteiger partial charge >= 0.3 is 0 Å². The standard InChI is InChI=1S/C23H29Cl2NO2.ClH/c1-27-23-14-17(15-26-18-8-5-3-2-4-6-9-18)12-13-22(23)28-16-19-20(24)10-7-11-21(19)25;/h7,10-14,18,26H,2-6,8-9,15-16H2,1H3;1H. The molecule has 3 nitrogen and oxygen atoms in total. The zero-order valence-electron chi connectivity index (χ0n) is 16.9. The first-order valence-corrected chi connectivity index (χ1v) is 10.9. The third-order valence-electron chi connectivity index (χ3n) is 5.36. The van der Waals surface area contributed by atoms with Gasteiger partial charge < -0.3 is 14.8 Å². The van der Waals surface area contributed by atoms with E-state index in [0.717, 1.165) is 17.9 Å². The maximum atomic E-state index is 6.23. The van der Waals surface area contributed by atoms with E-state index in [1.54, 1.807) is 7.11 Å². The van der Waals surface area contributed by atoms with Crippen LogP contribution in [0.25, 0.3) is 0 Å². The fourth-order valence-electron chi connectivity index (χ4n) is 3.68. The maximum Gasteiger partial charge on any atom is 0.161 e. The summed E-state index contributed by atoms with van der Waals surface area (Å²) in [6.45, 7) is 1.15. The Hall–Kier alpha value is -1.13. The van der Waals surface area contributed by atoms with E-state index in [1.807, 2.05) is 30.3 Å². The summed E-state index contributed by atoms with van der Waals surface area (Å²) in [6.07, 6.45) is 9.34. The first-order valence-electron chi connectivity index (χ1n) is 10.1. The van der Waals surface area contributed by atoms with Crippen LogP contribution in [0, 0.1) is 0 Å². The molecule has 0 saturated heterocycles. The molecule has 0 aliphatic heterocycles. The molecule has 0 spiro atoms. The highest BCUT2D eigenvalue weighted by Crippen LogP contribution is 2.31. The summed E-state index contributed by atoms with van der Waals surface area (Å²) in [5.41, 5.74) is 1.98. The molecule has 0 aromatic heterocycles. The molecule has 0 amide bonds. The Bertz CT molecular complexity index is 742. The van der Waals surface area contributed by atoms with Crippen LogP contribution in [0.4, 0.5) is 0 Å². The number of hydrogen-bond donors (Lipinski definition) is 1. The SMILES string of the molecule is COc1cc(CNC2CCCCCCC2)ccc1OCc1c(Cl)cccc1Cl.Cl. The van der Waals surface area contributed by atoms with E-state index in [0.29, 0.717) is 28.4 Å². The molecule has 2 aromatic rings. The molecule has 0 unspecified atom stereocenters. The van der Waals surface area contributed by atoms with Crippen molar-refractivity contribution < 1.29 is 9.47 Å². The summed E-state index contributed by atoms with van der Waals surface area (Å²) in [5.74, 6) is 1.41. The third-order valence-corrected chi connectivity index (χ3v) is 6.07. The minimum Gasteiger partial charge on any atom is -0.493 e. The van der Waals surface area contributed by atoms with Gasteiger partial charge in [0.15, 0.2) is 11.5 Å². The van der Waals surface area contributed by atoms with Crippen LogP contribution < -0.4 is 14.8 Å². The van der Waals surface area contributed by atoms with Crippen molar-refractivity contribution in [3.8, 4) is 11.5 Å². The van der Waals surface area contributed by atoms with Crippen LogP contribution in [0.1, 0.15) is 56.1 Å². The van der Waals surface area contributed by atoms with E-state index in [9.17, 15) is 0 Å². The Morgan fingerprint density at radius 2 is 1.59 bits per heavy atom. The van der Waals surface area contributed by atoms with Crippen molar-refractivity contribution in [1.82, 2.24) is 5.32 Å². The number of ether oxygens (including phenoxy) is 2. The van der Waals surface area contributed by atoms with Crippen molar-refractivity contribution in [1.29, 1.82) is 0 Å². The summed E-state index contributed by atoms with van der Waals surface area (Å²) >= 11 is 12.5. The van der Waals surface area contributed by atoms with Gasteiger partial charge in [0, 0.05) is 28.2 Å². The molecule has 0 heterocycles. The van der Waals surface area contributed by atoms with E-state index >= 15 is 0 Å². The number of methoxy groups -OCH3 is 1. The average Bonchev–Trinajstić information content (AvgIpc) is 2.67. The second kappa shape index (κ2) is 12.5. The molecule has 160 valence electrons. The van der Waals surface area contributed by atoms with E-state index < -0.39 is 0 Å². The zero-order chi connectivity index (χ0) is 19.8. The maximum absolute atomic E-state index is 6.23. The van der Waals surface area contributed by atoms with E-state index in [2.05, 4.69) is 11.4 Å². The lowest BCUT2D eigenvalue weighted by molar-refractivity contribution is 0.284. The molecule has 1 aliphatic rings. The topological polar surface area (TPSA) is 30.5 Å². The van der Waals surface area contributed by atoms with Crippen molar-refractivity contribution in [2.24, 2.45) is 0 Å². The summed E-state index contributed by atoms with van der Waals surface area (Å²) in [4.78, 5) is 0. The highest BCUT2D eigenvalue weighted by Gasteiger charge is 2.13. The molecule has 0 atom stereocenters. The van der Waals surface area contributed by atoms with Gasteiger partial charge in [-0.2, -0.15) is 0 Å². The second-order valence-electron chi connectivity index (χ2n) is 7.40. The van der Waals surface area contributed by atoms with Crippen LogP contribution in [0.2, 0.25) is 10.0 Å². The predicted octanol–water partition coefficient (Wildman–Crippen LogP) is 7.21. The van der Waals surface area contributed by atoms with Crippen LogP contribution in [0.3, 0.4) is 0 Å². The van der Waals surface area contributed by atoms with E-state index in [1.165, 1.54) is 50.5 Å². The number of nitrogens with one attached hydrogen (secondary N) is 1. The smallest absolute Gasteiger partial charge is 0.161 e. The Labute approximate surface area is 190 Å². The van der Waals surface area contributed by atoms with Gasteiger partial charge in [-0.1, -0.05) is 67.4 Å². The quantitative estimate of drug-likeness (QED) is 0.475. The molecule has 0 radical (unpaired) electrons. The molecule has 2 aromatic carbocycles. The Morgan fingerprint density at radius 1 is 0.931 bits per heavy atom. The third kappa shape index (κ3) is 7.25. The van der Waals surface area contributed by atoms with Gasteiger partial charge in [0.25, 0.3) is 0 Å². The van der Waals surface area contributed by atoms with Crippen LogP contribution >= 0.6 is 35.6 Å². The van der Waals surface area contributed by atoms with Gasteiger partial charge in [0.2, 0.25) is 0 Å². The predicted molar refractivity (Wildman–Crippen MR) is 124 cm³/mol. The van der Waals surface area contributed by atoms with Gasteiger partial charge in [-0.05, 0) is 42.7 Å². The van der Waals surface area contributed by atoms with Gasteiger partial charge in [0.1, 0.15) is 6.61 Å². The monoisotopic (exact) mass is 457 g/mol. The van der Waals surface area contributed by atoms with E-state index in [4.69, 9.17) is 32.7 Å². The average molecular weight is 459 g/mol. The van der Waals surface area contributed by atoms with Gasteiger partial charge in [0.05, 0.1) is 7.11 Å². The number of benzene rings is 2. The minimum atomic E-state index is 0. The first kappa shape index (κ1) is 24.1. The zero-order valence-corrected chi connectivity index (χ0v) is 19.2. The number of halogens is 3. The molecule has 3 rings (SSSR count). The molecular formula is C23H30Cl3NO2. The molecule has 1 N–H and O–H groups in total. The highest BCUT2D eigenvalue weighted by atomic mass is 35.5. The number of hydrogen-bond acceptors (Lipinski definition) is 3. The lowest BCUT2D eigenvalue weighted by atomic mass is 9.96. The highest BCUT2D eigenvalue weighted by molar-refractivity contribution is 6.35. The molecule has 1 aliphatic carbocycles. The summed E-state index contributed by atoms with van der Waals surface area (Å²) < 4.78 is 11.5.